The first-order valence-corrected chi connectivity index (χ1v) is 28.9. The molecular weight excluding hydrogens is 928 g/mol. The summed E-state index contributed by atoms with van der Waals surface area (Å²) in [5, 5.41) is 9.78. The van der Waals surface area contributed by atoms with Crippen molar-refractivity contribution in [1.82, 2.24) is 0 Å². The van der Waals surface area contributed by atoms with Gasteiger partial charge >= 0.3 is 25.7 Å². The summed E-state index contributed by atoms with van der Waals surface area (Å²) in [7, 11) is -4.78. The normalized spacial score (nSPS) is 14.3. The molecule has 0 aromatic carbocycles. The number of esters is 3. The second-order valence-electron chi connectivity index (χ2n) is 17.6. The molecule has 11 nitrogen and oxygen atoms in total. The second kappa shape index (κ2) is 53.2. The Kier molecular flexibility index (Phi) is 50.1. The Morgan fingerprint density at radius 3 is 1.19 bits per heavy atom. The highest BCUT2D eigenvalue weighted by Crippen LogP contribution is 2.43. The summed E-state index contributed by atoms with van der Waals surface area (Å²) < 4.78 is 39.3. The number of hydrogen-bond donors (Lipinski definition) is 2. The molecule has 0 rings (SSSR count). The van der Waals surface area contributed by atoms with Crippen molar-refractivity contribution in [2.75, 3.05) is 26.4 Å². The molecule has 0 amide bonds. The quantitative estimate of drug-likeness (QED) is 0.0197. The van der Waals surface area contributed by atoms with Crippen LogP contribution in [0.1, 0.15) is 201 Å². The van der Waals surface area contributed by atoms with E-state index in [9.17, 15) is 28.9 Å². The van der Waals surface area contributed by atoms with E-state index in [-0.39, 0.29) is 25.9 Å². The Labute approximate surface area is 437 Å². The van der Waals surface area contributed by atoms with Gasteiger partial charge < -0.3 is 24.2 Å². The van der Waals surface area contributed by atoms with Crippen LogP contribution in [0.4, 0.5) is 0 Å². The zero-order valence-electron chi connectivity index (χ0n) is 44.8. The third kappa shape index (κ3) is 50.8. The predicted molar refractivity (Wildman–Crippen MR) is 297 cm³/mol. The fourth-order valence-electron chi connectivity index (χ4n) is 6.75. The summed E-state index contributed by atoms with van der Waals surface area (Å²) in [6, 6.07) is 0. The summed E-state index contributed by atoms with van der Waals surface area (Å²) in [5.74, 6) is -1.60. The average Bonchev–Trinajstić information content (AvgIpc) is 3.37. The van der Waals surface area contributed by atoms with E-state index >= 15 is 0 Å². The first-order chi connectivity index (χ1) is 35.2. The number of aliphatic hydroxyl groups is 1. The van der Waals surface area contributed by atoms with E-state index in [2.05, 4.69) is 124 Å². The fraction of sp³-hybridized carbons (Fsp3) is 0.617. The van der Waals surface area contributed by atoms with E-state index in [1.54, 1.807) is 0 Å². The van der Waals surface area contributed by atoms with Crippen LogP contribution in [0.5, 0.6) is 0 Å². The Morgan fingerprint density at radius 1 is 0.403 bits per heavy atom. The van der Waals surface area contributed by atoms with Gasteiger partial charge in [-0.2, -0.15) is 0 Å². The molecule has 3 atom stereocenters. The van der Waals surface area contributed by atoms with Crippen molar-refractivity contribution in [3.05, 3.63) is 122 Å². The number of rotatable bonds is 49. The molecule has 0 spiro atoms. The van der Waals surface area contributed by atoms with Crippen molar-refractivity contribution >= 4 is 25.7 Å². The molecule has 0 fully saturated rings. The Hall–Kier alpha value is -4.12. The van der Waals surface area contributed by atoms with Gasteiger partial charge in [-0.25, -0.2) is 4.57 Å². The molecule has 0 aliphatic heterocycles. The molecule has 0 aliphatic rings. The first-order valence-electron chi connectivity index (χ1n) is 27.4. The van der Waals surface area contributed by atoms with Crippen LogP contribution in [-0.2, 0) is 42.2 Å². The standard InChI is InChI=1S/C60H97O11P/c1-4-7-10-13-16-19-22-25-26-27-28-29-30-33-36-39-42-45-48-51-60(64)71-57(53-67-58(62)49-46-43-40-37-34-31-23-20-17-14-11-8-5-2)55-69-72(65,66)68-54-56(52-61)70-59(63)50-47-44-41-38-35-32-24-21-18-15-12-9-6-3/h7,9-12,14,16,18-21,23,25-26,28-29,32,35,41,44,56-57,61H,4-6,8,13,15,17,22,24,27,30-31,33-34,36-40,42-43,45-55H2,1-3H3,(H,65,66)/b10-7-,12-9-,14-11-,19-16-,21-18-,23-20-,26-25-,29-28-,35-32-,44-41-. The molecule has 3 unspecified atom stereocenters. The van der Waals surface area contributed by atoms with E-state index in [0.29, 0.717) is 19.3 Å². The summed E-state index contributed by atoms with van der Waals surface area (Å²) in [4.78, 5) is 48.4. The van der Waals surface area contributed by atoms with Gasteiger partial charge in [0.05, 0.1) is 19.8 Å². The lowest BCUT2D eigenvalue weighted by molar-refractivity contribution is -0.161. The van der Waals surface area contributed by atoms with Gasteiger partial charge in [0.15, 0.2) is 6.10 Å². The van der Waals surface area contributed by atoms with Gasteiger partial charge in [0.25, 0.3) is 0 Å². The van der Waals surface area contributed by atoms with Crippen LogP contribution in [0.3, 0.4) is 0 Å². The molecule has 0 radical (unpaired) electrons. The van der Waals surface area contributed by atoms with Crippen LogP contribution in [0.2, 0.25) is 0 Å². The largest absolute Gasteiger partial charge is 0.472 e. The highest BCUT2D eigenvalue weighted by Gasteiger charge is 2.28. The molecule has 0 heterocycles. The van der Waals surface area contributed by atoms with Crippen molar-refractivity contribution in [3.63, 3.8) is 0 Å². The lowest BCUT2D eigenvalue weighted by atomic mass is 10.1. The van der Waals surface area contributed by atoms with Gasteiger partial charge in [-0.1, -0.05) is 194 Å². The molecule has 0 aromatic rings. The van der Waals surface area contributed by atoms with Gasteiger partial charge in [-0.3, -0.25) is 23.4 Å². The fourth-order valence-corrected chi connectivity index (χ4v) is 7.53. The number of carbonyl (C=O) groups excluding carboxylic acids is 3. The summed E-state index contributed by atoms with van der Waals surface area (Å²) in [5.41, 5.74) is 0. The van der Waals surface area contributed by atoms with E-state index in [1.807, 2.05) is 18.2 Å². The SMILES string of the molecule is CC/C=C\C/C=C\C/C=C\C/C=C\CCCCCCCCC(=O)OC(COC(=O)CCCCCCC/C=C\C/C=C\CCC)COP(=O)(O)OCC(CO)OC(=O)CC/C=C\C/C=C\C/C=C\C/C=C\CC. The number of unbranched alkanes of at least 4 members (excludes halogenated alkanes) is 12. The summed E-state index contributed by atoms with van der Waals surface area (Å²) in [6.45, 7) is 4.21. The molecule has 2 N–H and O–H groups in total. The maximum Gasteiger partial charge on any atom is 0.472 e. The predicted octanol–water partition coefficient (Wildman–Crippen LogP) is 16.0. The number of aliphatic hydroxyl groups excluding tert-OH is 1. The maximum atomic E-state index is 12.9. The van der Waals surface area contributed by atoms with Gasteiger partial charge in [-0.15, -0.1) is 0 Å². The van der Waals surface area contributed by atoms with E-state index in [0.717, 1.165) is 141 Å². The van der Waals surface area contributed by atoms with Crippen molar-refractivity contribution in [1.29, 1.82) is 0 Å². The molecule has 0 saturated heterocycles. The van der Waals surface area contributed by atoms with Crippen molar-refractivity contribution < 1.29 is 52.2 Å². The van der Waals surface area contributed by atoms with Crippen LogP contribution in [0.15, 0.2) is 122 Å². The lowest BCUT2D eigenvalue weighted by Gasteiger charge is -2.21. The van der Waals surface area contributed by atoms with Crippen LogP contribution < -0.4 is 0 Å². The van der Waals surface area contributed by atoms with Crippen LogP contribution in [0.25, 0.3) is 0 Å². The molecule has 0 bridgehead atoms. The highest BCUT2D eigenvalue weighted by molar-refractivity contribution is 7.47. The van der Waals surface area contributed by atoms with E-state index in [1.165, 1.54) is 0 Å². The molecule has 0 aromatic heterocycles. The van der Waals surface area contributed by atoms with E-state index in [4.69, 9.17) is 23.3 Å². The minimum absolute atomic E-state index is 0.0481. The number of ether oxygens (including phenoxy) is 3. The Balaban J connectivity index is 4.85. The molecule has 12 heteroatoms. The maximum absolute atomic E-state index is 12.9. The smallest absolute Gasteiger partial charge is 0.462 e. The molecular formula is C60H97O11P. The van der Waals surface area contributed by atoms with Crippen LogP contribution in [0, 0.1) is 0 Å². The van der Waals surface area contributed by atoms with Crippen molar-refractivity contribution in [2.45, 2.75) is 213 Å². The number of allylic oxidation sites excluding steroid dienone is 20. The summed E-state index contributed by atoms with van der Waals surface area (Å²) >= 11 is 0. The molecule has 408 valence electrons. The number of hydrogen-bond acceptors (Lipinski definition) is 10. The Morgan fingerprint density at radius 2 is 0.750 bits per heavy atom. The molecule has 72 heavy (non-hydrogen) atoms. The van der Waals surface area contributed by atoms with Crippen molar-refractivity contribution in [2.24, 2.45) is 0 Å². The zero-order valence-corrected chi connectivity index (χ0v) is 45.7. The van der Waals surface area contributed by atoms with Crippen molar-refractivity contribution in [3.8, 4) is 0 Å². The lowest BCUT2D eigenvalue weighted by Crippen LogP contribution is -2.30. The van der Waals surface area contributed by atoms with Gasteiger partial charge in [0.1, 0.15) is 12.7 Å². The first kappa shape index (κ1) is 67.9. The van der Waals surface area contributed by atoms with Gasteiger partial charge in [0, 0.05) is 19.3 Å². The average molecular weight is 1030 g/mol. The number of phosphoric ester groups is 1. The van der Waals surface area contributed by atoms with Crippen LogP contribution >= 0.6 is 7.82 Å². The molecule has 0 saturated carbocycles. The minimum atomic E-state index is -4.78. The number of carbonyl (C=O) groups is 3. The third-order valence-electron chi connectivity index (χ3n) is 10.8. The highest BCUT2D eigenvalue weighted by atomic mass is 31.2. The Bertz CT molecular complexity index is 1670. The number of phosphoric acid groups is 1. The van der Waals surface area contributed by atoms with E-state index < -0.39 is 57.8 Å². The minimum Gasteiger partial charge on any atom is -0.462 e. The monoisotopic (exact) mass is 1020 g/mol. The summed E-state index contributed by atoms with van der Waals surface area (Å²) in [6.07, 6.45) is 64.6. The van der Waals surface area contributed by atoms with Gasteiger partial charge in [-0.05, 0) is 109 Å². The second-order valence-corrected chi connectivity index (χ2v) is 19.1. The molecule has 0 aliphatic carbocycles. The third-order valence-corrected chi connectivity index (χ3v) is 11.8. The topological polar surface area (TPSA) is 155 Å². The van der Waals surface area contributed by atoms with Gasteiger partial charge in [0.2, 0.25) is 0 Å². The van der Waals surface area contributed by atoms with Crippen LogP contribution in [-0.4, -0.2) is 66.5 Å². The zero-order chi connectivity index (χ0) is 52.7.